The van der Waals surface area contributed by atoms with Crippen molar-refractivity contribution in [2.75, 3.05) is 46.1 Å². The summed E-state index contributed by atoms with van der Waals surface area (Å²) in [5.74, 6) is -0.671. The number of nitrogens with one attached hydrogen (secondary N) is 2. The Kier molecular flexibility index (Phi) is 10.8. The summed E-state index contributed by atoms with van der Waals surface area (Å²) in [6.45, 7) is 2.70. The third kappa shape index (κ3) is 8.84. The minimum absolute atomic E-state index is 0.128. The number of imide groups is 1. The molecule has 1 unspecified atom stereocenters. The molecule has 10 heteroatoms. The first-order valence-electron chi connectivity index (χ1n) is 8.17. The van der Waals surface area contributed by atoms with Crippen LogP contribution in [0, 0.1) is 0 Å². The molecular formula is C15H25N3O6S. The van der Waals surface area contributed by atoms with Gasteiger partial charge in [0.25, 0.3) is 0 Å². The number of hydrogen-bond acceptors (Lipinski definition) is 7. The number of rotatable bonds is 14. The Bertz CT molecular complexity index is 463. The van der Waals surface area contributed by atoms with Crippen LogP contribution >= 0.6 is 12.6 Å². The normalized spacial score (nSPS) is 17.0. The molecule has 1 atom stereocenters. The summed E-state index contributed by atoms with van der Waals surface area (Å²) in [5.41, 5.74) is 0. The average molecular weight is 375 g/mol. The fraction of sp³-hybridized carbons (Fsp3) is 0.733. The van der Waals surface area contributed by atoms with Crippen molar-refractivity contribution in [1.82, 2.24) is 15.5 Å². The monoisotopic (exact) mass is 375 g/mol. The molecular weight excluding hydrogens is 350 g/mol. The molecule has 1 aliphatic rings. The third-order valence-corrected chi connectivity index (χ3v) is 3.82. The molecule has 9 nitrogen and oxygen atoms in total. The van der Waals surface area contributed by atoms with E-state index in [2.05, 4.69) is 23.3 Å². The largest absolute Gasteiger partial charge is 0.377 e. The number of amides is 4. The maximum Gasteiger partial charge on any atom is 0.242 e. The molecule has 25 heavy (non-hydrogen) atoms. The minimum atomic E-state index is -0.552. The summed E-state index contributed by atoms with van der Waals surface area (Å²) in [6, 6.07) is 0. The van der Waals surface area contributed by atoms with Crippen molar-refractivity contribution in [3.63, 3.8) is 0 Å². The number of carbonyl (C=O) groups is 4. The smallest absolute Gasteiger partial charge is 0.242 e. The van der Waals surface area contributed by atoms with Crippen molar-refractivity contribution < 1.29 is 28.7 Å². The number of ether oxygens (including phenoxy) is 2. The zero-order chi connectivity index (χ0) is 18.5. The van der Waals surface area contributed by atoms with Crippen LogP contribution in [0.15, 0.2) is 0 Å². The van der Waals surface area contributed by atoms with Crippen LogP contribution in [-0.4, -0.2) is 80.3 Å². The van der Waals surface area contributed by atoms with Gasteiger partial charge in [0.2, 0.25) is 24.1 Å². The van der Waals surface area contributed by atoms with Gasteiger partial charge in [0, 0.05) is 32.5 Å². The zero-order valence-corrected chi connectivity index (χ0v) is 15.0. The van der Waals surface area contributed by atoms with Gasteiger partial charge in [0.1, 0.15) is 0 Å². The summed E-state index contributed by atoms with van der Waals surface area (Å²) < 4.78 is 10.5. The van der Waals surface area contributed by atoms with E-state index in [1.54, 1.807) is 0 Å². The van der Waals surface area contributed by atoms with Gasteiger partial charge in [0.05, 0.1) is 31.7 Å². The molecule has 1 aliphatic heterocycles. The second kappa shape index (κ2) is 12.7. The van der Waals surface area contributed by atoms with Gasteiger partial charge in [-0.1, -0.05) is 0 Å². The van der Waals surface area contributed by atoms with Crippen LogP contribution in [0.2, 0.25) is 0 Å². The maximum absolute atomic E-state index is 11.6. The second-order valence-electron chi connectivity index (χ2n) is 5.35. The van der Waals surface area contributed by atoms with Crippen LogP contribution in [0.3, 0.4) is 0 Å². The fourth-order valence-electron chi connectivity index (χ4n) is 2.16. The molecule has 0 saturated carbocycles. The topological polar surface area (TPSA) is 114 Å². The van der Waals surface area contributed by atoms with Gasteiger partial charge in [0.15, 0.2) is 0 Å². The third-order valence-electron chi connectivity index (χ3n) is 3.42. The summed E-state index contributed by atoms with van der Waals surface area (Å²) in [5, 5.41) is 4.62. The number of carbonyl (C=O) groups excluding carboxylic acids is 4. The summed E-state index contributed by atoms with van der Waals surface area (Å²) in [4.78, 5) is 46.0. The molecule has 0 bridgehead atoms. The van der Waals surface area contributed by atoms with Crippen LogP contribution in [0.4, 0.5) is 0 Å². The Balaban J connectivity index is 1.93. The Hall–Kier alpha value is -1.65. The van der Waals surface area contributed by atoms with E-state index in [0.29, 0.717) is 52.3 Å². The van der Waals surface area contributed by atoms with Crippen molar-refractivity contribution in [2.24, 2.45) is 0 Å². The molecule has 1 rings (SSSR count). The van der Waals surface area contributed by atoms with Crippen molar-refractivity contribution in [1.29, 1.82) is 0 Å². The average Bonchev–Trinajstić information content (AvgIpc) is 2.82. The highest BCUT2D eigenvalue weighted by Gasteiger charge is 2.35. The first kappa shape index (κ1) is 21.4. The van der Waals surface area contributed by atoms with Crippen molar-refractivity contribution >= 4 is 36.8 Å². The summed E-state index contributed by atoms with van der Waals surface area (Å²) in [7, 11) is 0. The number of thiol groups is 1. The van der Waals surface area contributed by atoms with E-state index < -0.39 is 5.25 Å². The Labute approximate surface area is 152 Å². The van der Waals surface area contributed by atoms with Crippen molar-refractivity contribution in [3.05, 3.63) is 0 Å². The molecule has 1 heterocycles. The predicted octanol–water partition coefficient (Wildman–Crippen LogP) is -1.28. The maximum atomic E-state index is 11.6. The van der Waals surface area contributed by atoms with Gasteiger partial charge in [-0.3, -0.25) is 24.1 Å². The molecule has 2 N–H and O–H groups in total. The van der Waals surface area contributed by atoms with E-state index in [4.69, 9.17) is 9.47 Å². The molecule has 1 fully saturated rings. The van der Waals surface area contributed by atoms with Gasteiger partial charge < -0.3 is 20.1 Å². The van der Waals surface area contributed by atoms with E-state index in [0.717, 1.165) is 0 Å². The molecule has 4 amide bonds. The van der Waals surface area contributed by atoms with Gasteiger partial charge in [-0.15, -0.1) is 0 Å². The first-order chi connectivity index (χ1) is 12.1. The molecule has 0 aromatic carbocycles. The lowest BCUT2D eigenvalue weighted by atomic mass is 10.3. The van der Waals surface area contributed by atoms with Gasteiger partial charge in [-0.2, -0.15) is 12.6 Å². The second-order valence-corrected chi connectivity index (χ2v) is 5.98. The molecule has 142 valence electrons. The summed E-state index contributed by atoms with van der Waals surface area (Å²) >= 11 is 4.04. The SMILES string of the molecule is O=CNCCOCCOCCNC(=O)CCCN1C(=O)CC(S)C1=O. The van der Waals surface area contributed by atoms with Crippen LogP contribution in [0.1, 0.15) is 19.3 Å². The van der Waals surface area contributed by atoms with Crippen molar-refractivity contribution in [3.8, 4) is 0 Å². The fourth-order valence-corrected chi connectivity index (χ4v) is 2.46. The van der Waals surface area contributed by atoms with Crippen LogP contribution < -0.4 is 10.6 Å². The number of likely N-dealkylation sites (tertiary alicyclic amines) is 1. The molecule has 0 aromatic rings. The van der Waals surface area contributed by atoms with Gasteiger partial charge in [-0.05, 0) is 6.42 Å². The molecule has 0 radical (unpaired) electrons. The van der Waals surface area contributed by atoms with Crippen LogP contribution in [0.5, 0.6) is 0 Å². The quantitative estimate of drug-likeness (QED) is 0.151. The van der Waals surface area contributed by atoms with Gasteiger partial charge in [-0.25, -0.2) is 0 Å². The molecule has 0 spiro atoms. The molecule has 0 aromatic heterocycles. The van der Waals surface area contributed by atoms with E-state index in [1.807, 2.05) is 0 Å². The predicted molar refractivity (Wildman–Crippen MR) is 92.1 cm³/mol. The zero-order valence-electron chi connectivity index (χ0n) is 14.1. The Morgan fingerprint density at radius 2 is 1.88 bits per heavy atom. The standard InChI is InChI=1S/C15H25N3O6S/c19-11-16-3-6-23-8-9-24-7-4-17-13(20)2-1-5-18-14(21)10-12(25)15(18)22/h11-12,25H,1-10H2,(H,16,19)(H,17,20). The van der Waals surface area contributed by atoms with Crippen molar-refractivity contribution in [2.45, 2.75) is 24.5 Å². The first-order valence-corrected chi connectivity index (χ1v) is 8.69. The number of hydrogen-bond donors (Lipinski definition) is 3. The molecule has 1 saturated heterocycles. The van der Waals surface area contributed by atoms with Gasteiger partial charge >= 0.3 is 0 Å². The molecule has 0 aliphatic carbocycles. The Morgan fingerprint density at radius 1 is 1.20 bits per heavy atom. The van der Waals surface area contributed by atoms with E-state index in [9.17, 15) is 19.2 Å². The Morgan fingerprint density at radius 3 is 2.48 bits per heavy atom. The van der Waals surface area contributed by atoms with Crippen LogP contribution in [0.25, 0.3) is 0 Å². The van der Waals surface area contributed by atoms with Crippen LogP contribution in [-0.2, 0) is 28.7 Å². The lowest BCUT2D eigenvalue weighted by Gasteiger charge is -2.13. The highest BCUT2D eigenvalue weighted by molar-refractivity contribution is 7.81. The van der Waals surface area contributed by atoms with E-state index in [1.165, 1.54) is 4.90 Å². The number of nitrogens with zero attached hydrogens (tertiary/aromatic N) is 1. The summed E-state index contributed by atoms with van der Waals surface area (Å²) in [6.07, 6.45) is 1.40. The highest BCUT2D eigenvalue weighted by Crippen LogP contribution is 2.18. The lowest BCUT2D eigenvalue weighted by molar-refractivity contribution is -0.138. The highest BCUT2D eigenvalue weighted by atomic mass is 32.1. The lowest BCUT2D eigenvalue weighted by Crippen LogP contribution is -2.33. The van der Waals surface area contributed by atoms with E-state index >= 15 is 0 Å². The minimum Gasteiger partial charge on any atom is -0.377 e. The van der Waals surface area contributed by atoms with E-state index in [-0.39, 0.29) is 37.1 Å².